The first-order chi connectivity index (χ1) is 14.1. The highest BCUT2D eigenvalue weighted by Crippen LogP contribution is 2.30. The maximum atomic E-state index is 13.4. The second-order valence-corrected chi connectivity index (χ2v) is 7.72. The van der Waals surface area contributed by atoms with Gasteiger partial charge in [-0.25, -0.2) is 14.3 Å². The van der Waals surface area contributed by atoms with Crippen LogP contribution in [0.3, 0.4) is 0 Å². The summed E-state index contributed by atoms with van der Waals surface area (Å²) in [5, 5.41) is 0. The lowest BCUT2D eigenvalue weighted by molar-refractivity contribution is 0.564. The number of hydrogen-bond donors (Lipinski definition) is 0. The molecule has 1 aliphatic rings. The van der Waals surface area contributed by atoms with E-state index >= 15 is 0 Å². The van der Waals surface area contributed by atoms with Crippen LogP contribution in [0.2, 0.25) is 0 Å². The summed E-state index contributed by atoms with van der Waals surface area (Å²) in [6, 6.07) is 19.3. The molecule has 5 rings (SSSR count). The number of nitrogens with zero attached hydrogens (tertiary/aromatic N) is 4. The largest absolute Gasteiger partial charge is 0.337 e. The molecular weight excluding hydrogens is 364 g/mol. The summed E-state index contributed by atoms with van der Waals surface area (Å²) in [5.74, 6) is 0.407. The molecule has 2 aromatic heterocycles. The van der Waals surface area contributed by atoms with E-state index in [-0.39, 0.29) is 17.3 Å². The van der Waals surface area contributed by atoms with Crippen molar-refractivity contribution in [3.63, 3.8) is 0 Å². The molecule has 0 unspecified atom stereocenters. The summed E-state index contributed by atoms with van der Waals surface area (Å²) in [4.78, 5) is 31.2. The van der Waals surface area contributed by atoms with E-state index in [1.807, 2.05) is 72.2 Å². The van der Waals surface area contributed by atoms with E-state index in [1.165, 1.54) is 4.57 Å². The van der Waals surface area contributed by atoms with Crippen LogP contribution in [0, 0.1) is 5.92 Å². The standard InChI is InChI=1S/C23H22N4O2/c1-16(18-8-4-2-5-9-18)26-15-24-21-20(26)22(28)25(14-17-12-13-17)23(29)27(21)19-10-6-3-7-11-19/h2-11,15-17H,12-14H2,1H3/t16-/m0/s1. The van der Waals surface area contributed by atoms with Crippen LogP contribution < -0.4 is 11.2 Å². The zero-order valence-corrected chi connectivity index (χ0v) is 16.2. The number of imidazole rings is 1. The van der Waals surface area contributed by atoms with Crippen molar-refractivity contribution >= 4 is 11.2 Å². The molecule has 29 heavy (non-hydrogen) atoms. The average molecular weight is 386 g/mol. The molecule has 0 radical (unpaired) electrons. The summed E-state index contributed by atoms with van der Waals surface area (Å²) in [7, 11) is 0. The van der Waals surface area contributed by atoms with E-state index in [9.17, 15) is 9.59 Å². The summed E-state index contributed by atoms with van der Waals surface area (Å²) in [6.45, 7) is 2.50. The minimum absolute atomic E-state index is 0.0787. The smallest absolute Gasteiger partial charge is 0.317 e. The van der Waals surface area contributed by atoms with E-state index in [0.717, 1.165) is 18.4 Å². The molecule has 2 aromatic carbocycles. The molecule has 6 heteroatoms. The van der Waals surface area contributed by atoms with Gasteiger partial charge in [0.2, 0.25) is 0 Å². The van der Waals surface area contributed by atoms with E-state index in [2.05, 4.69) is 4.98 Å². The number of aromatic nitrogens is 4. The van der Waals surface area contributed by atoms with Crippen molar-refractivity contribution in [2.45, 2.75) is 32.4 Å². The fourth-order valence-corrected chi connectivity index (χ4v) is 3.86. The Labute approximate surface area is 167 Å². The Bertz CT molecular complexity index is 1280. The maximum absolute atomic E-state index is 13.4. The van der Waals surface area contributed by atoms with Crippen LogP contribution in [0.5, 0.6) is 0 Å². The van der Waals surface area contributed by atoms with E-state index in [0.29, 0.717) is 29.3 Å². The molecule has 4 aromatic rings. The molecular formula is C23H22N4O2. The van der Waals surface area contributed by atoms with Gasteiger partial charge in [-0.05, 0) is 43.4 Å². The third-order valence-corrected chi connectivity index (χ3v) is 5.71. The van der Waals surface area contributed by atoms with Crippen molar-refractivity contribution in [1.82, 2.24) is 18.7 Å². The predicted molar refractivity (Wildman–Crippen MR) is 113 cm³/mol. The van der Waals surface area contributed by atoms with E-state index in [1.54, 1.807) is 10.9 Å². The number of para-hydroxylation sites is 1. The van der Waals surface area contributed by atoms with Crippen LogP contribution in [0.15, 0.2) is 76.6 Å². The van der Waals surface area contributed by atoms with Gasteiger partial charge in [0.15, 0.2) is 11.2 Å². The highest BCUT2D eigenvalue weighted by atomic mass is 16.2. The third-order valence-electron chi connectivity index (χ3n) is 5.71. The fraction of sp³-hybridized carbons (Fsp3) is 0.261. The summed E-state index contributed by atoms with van der Waals surface area (Å²) in [5.41, 5.74) is 2.08. The molecule has 0 saturated heterocycles. The van der Waals surface area contributed by atoms with Gasteiger partial charge in [0, 0.05) is 6.54 Å². The summed E-state index contributed by atoms with van der Waals surface area (Å²) in [6.07, 6.45) is 3.80. The Balaban J connectivity index is 1.80. The Morgan fingerprint density at radius 2 is 1.66 bits per heavy atom. The second kappa shape index (κ2) is 6.88. The predicted octanol–water partition coefficient (Wildman–Crippen LogP) is 3.37. The molecule has 6 nitrogen and oxygen atoms in total. The van der Waals surface area contributed by atoms with Gasteiger partial charge < -0.3 is 4.57 Å². The minimum Gasteiger partial charge on any atom is -0.317 e. The number of rotatable bonds is 5. The quantitative estimate of drug-likeness (QED) is 0.528. The normalized spacial score (nSPS) is 14.9. The van der Waals surface area contributed by atoms with Gasteiger partial charge in [-0.3, -0.25) is 9.36 Å². The molecule has 1 aliphatic carbocycles. The van der Waals surface area contributed by atoms with Crippen LogP contribution in [-0.2, 0) is 6.54 Å². The fourth-order valence-electron chi connectivity index (χ4n) is 3.86. The number of benzene rings is 2. The van der Waals surface area contributed by atoms with Gasteiger partial charge in [0.1, 0.15) is 0 Å². The molecule has 0 spiro atoms. The van der Waals surface area contributed by atoms with Crippen LogP contribution in [0.25, 0.3) is 16.9 Å². The van der Waals surface area contributed by atoms with Crippen LogP contribution >= 0.6 is 0 Å². The molecule has 1 atom stereocenters. The molecule has 146 valence electrons. The van der Waals surface area contributed by atoms with Crippen molar-refractivity contribution in [3.05, 3.63) is 93.4 Å². The molecule has 0 amide bonds. The number of fused-ring (bicyclic) bond motifs is 1. The van der Waals surface area contributed by atoms with Gasteiger partial charge >= 0.3 is 5.69 Å². The zero-order valence-electron chi connectivity index (χ0n) is 16.2. The highest BCUT2D eigenvalue weighted by molar-refractivity contribution is 5.72. The molecule has 2 heterocycles. The van der Waals surface area contributed by atoms with E-state index < -0.39 is 0 Å². The Morgan fingerprint density at radius 3 is 2.31 bits per heavy atom. The lowest BCUT2D eigenvalue weighted by Crippen LogP contribution is -2.40. The lowest BCUT2D eigenvalue weighted by Gasteiger charge is -2.16. The minimum atomic E-state index is -0.321. The molecule has 0 N–H and O–H groups in total. The Hall–Kier alpha value is -3.41. The van der Waals surface area contributed by atoms with E-state index in [4.69, 9.17) is 0 Å². The topological polar surface area (TPSA) is 61.8 Å². The lowest BCUT2D eigenvalue weighted by atomic mass is 10.1. The van der Waals surface area contributed by atoms with Crippen LogP contribution in [0.4, 0.5) is 0 Å². The van der Waals surface area contributed by atoms with Crippen LogP contribution in [-0.4, -0.2) is 18.7 Å². The first-order valence-corrected chi connectivity index (χ1v) is 9.98. The second-order valence-electron chi connectivity index (χ2n) is 7.72. The first-order valence-electron chi connectivity index (χ1n) is 9.98. The molecule has 1 fully saturated rings. The maximum Gasteiger partial charge on any atom is 0.337 e. The summed E-state index contributed by atoms with van der Waals surface area (Å²) >= 11 is 0. The number of hydrogen-bond acceptors (Lipinski definition) is 3. The Kier molecular flexibility index (Phi) is 4.19. The monoisotopic (exact) mass is 386 g/mol. The average Bonchev–Trinajstić information content (AvgIpc) is 3.48. The van der Waals surface area contributed by atoms with Crippen molar-refractivity contribution < 1.29 is 0 Å². The van der Waals surface area contributed by atoms with Gasteiger partial charge in [0.25, 0.3) is 5.56 Å². The van der Waals surface area contributed by atoms with Crippen LogP contribution in [0.1, 0.15) is 31.4 Å². The third kappa shape index (κ3) is 3.01. The molecule has 0 bridgehead atoms. The first kappa shape index (κ1) is 17.7. The highest BCUT2D eigenvalue weighted by Gasteiger charge is 2.27. The van der Waals surface area contributed by atoms with Gasteiger partial charge in [0.05, 0.1) is 18.1 Å². The van der Waals surface area contributed by atoms with Crippen molar-refractivity contribution in [3.8, 4) is 5.69 Å². The van der Waals surface area contributed by atoms with Gasteiger partial charge in [-0.1, -0.05) is 48.5 Å². The Morgan fingerprint density at radius 1 is 1.00 bits per heavy atom. The molecule has 0 aliphatic heterocycles. The zero-order chi connectivity index (χ0) is 20.0. The SMILES string of the molecule is C[C@@H](c1ccccc1)n1cnc2c1c(=O)n(CC1CC1)c(=O)n2-c1ccccc1. The van der Waals surface area contributed by atoms with Gasteiger partial charge in [-0.15, -0.1) is 0 Å². The van der Waals surface area contributed by atoms with Crippen molar-refractivity contribution in [1.29, 1.82) is 0 Å². The van der Waals surface area contributed by atoms with Crippen molar-refractivity contribution in [2.75, 3.05) is 0 Å². The summed E-state index contributed by atoms with van der Waals surface area (Å²) < 4.78 is 4.84. The van der Waals surface area contributed by atoms with Crippen molar-refractivity contribution in [2.24, 2.45) is 5.92 Å². The molecule has 1 saturated carbocycles. The van der Waals surface area contributed by atoms with Gasteiger partial charge in [-0.2, -0.15) is 0 Å².